The molecule has 0 radical (unpaired) electrons. The molecule has 2 aromatic rings. The second-order valence-electron chi connectivity index (χ2n) is 6.94. The number of hydrogen-bond donors (Lipinski definition) is 0. The second kappa shape index (κ2) is 8.07. The van der Waals surface area contributed by atoms with Gasteiger partial charge in [-0.3, -0.25) is 4.79 Å². The molecular weight excluding hydrogens is 413 g/mol. The van der Waals surface area contributed by atoms with E-state index in [0.717, 1.165) is 17.9 Å². The molecule has 2 aromatic carbocycles. The van der Waals surface area contributed by atoms with Gasteiger partial charge < -0.3 is 9.47 Å². The van der Waals surface area contributed by atoms with Crippen molar-refractivity contribution in [2.24, 2.45) is 0 Å². The van der Waals surface area contributed by atoms with Crippen molar-refractivity contribution in [2.45, 2.75) is 12.8 Å². The lowest BCUT2D eigenvalue weighted by molar-refractivity contribution is -0.137. The van der Waals surface area contributed by atoms with Gasteiger partial charge >= 0.3 is 6.18 Å². The Morgan fingerprint density at radius 3 is 2.73 bits per heavy atom. The van der Waals surface area contributed by atoms with Gasteiger partial charge in [0.1, 0.15) is 31.0 Å². The van der Waals surface area contributed by atoms with E-state index in [1.165, 1.54) is 17.8 Å². The fourth-order valence-corrected chi connectivity index (χ4v) is 4.18. The van der Waals surface area contributed by atoms with Crippen LogP contribution in [0.25, 0.3) is 11.6 Å². The molecule has 0 fully saturated rings. The van der Waals surface area contributed by atoms with Gasteiger partial charge in [-0.15, -0.1) is 11.8 Å². The average molecular weight is 430 g/mol. The van der Waals surface area contributed by atoms with Crippen molar-refractivity contribution in [2.75, 3.05) is 12.4 Å². The number of allylic oxidation sites excluding steroid dienone is 1. The van der Waals surface area contributed by atoms with E-state index < -0.39 is 11.7 Å². The highest BCUT2D eigenvalue weighted by Crippen LogP contribution is 2.41. The molecule has 154 valence electrons. The number of rotatable bonds is 5. The van der Waals surface area contributed by atoms with Crippen molar-refractivity contribution in [1.82, 2.24) is 0 Å². The van der Waals surface area contributed by atoms with E-state index in [2.05, 4.69) is 6.58 Å². The Balaban J connectivity index is 1.55. The lowest BCUT2D eigenvalue weighted by Gasteiger charge is -2.18. The first-order valence-electron chi connectivity index (χ1n) is 9.11. The average Bonchev–Trinajstić information content (AvgIpc) is 3.16. The van der Waals surface area contributed by atoms with Crippen molar-refractivity contribution in [1.29, 1.82) is 0 Å². The van der Waals surface area contributed by atoms with E-state index in [1.54, 1.807) is 35.7 Å². The molecule has 4 rings (SSSR count). The molecule has 0 aliphatic carbocycles. The fraction of sp³-hybridized carbons (Fsp3) is 0.174. The minimum Gasteiger partial charge on any atom is -0.489 e. The van der Waals surface area contributed by atoms with Gasteiger partial charge in [0, 0.05) is 23.0 Å². The van der Waals surface area contributed by atoms with Crippen LogP contribution in [0, 0.1) is 0 Å². The van der Waals surface area contributed by atoms with Gasteiger partial charge in [-0.25, -0.2) is 0 Å². The third-order valence-corrected chi connectivity index (χ3v) is 5.71. The molecule has 7 heteroatoms. The van der Waals surface area contributed by atoms with Crippen LogP contribution in [0.15, 0.2) is 59.5 Å². The summed E-state index contributed by atoms with van der Waals surface area (Å²) in [6.07, 6.45) is -2.01. The van der Waals surface area contributed by atoms with Crippen LogP contribution < -0.4 is 9.47 Å². The summed E-state index contributed by atoms with van der Waals surface area (Å²) >= 11 is 1.44. The Hall–Kier alpha value is -2.93. The number of ether oxygens (including phenoxy) is 2. The first kappa shape index (κ1) is 20.3. The van der Waals surface area contributed by atoms with Crippen LogP contribution in [-0.2, 0) is 17.6 Å². The molecule has 0 aromatic heterocycles. The number of thioether (sulfide) groups is 1. The zero-order chi connectivity index (χ0) is 21.3. The van der Waals surface area contributed by atoms with E-state index in [-0.39, 0.29) is 18.8 Å². The molecule has 0 bridgehead atoms. The summed E-state index contributed by atoms with van der Waals surface area (Å²) < 4.78 is 52.2. The molecule has 0 N–H and O–H groups in total. The summed E-state index contributed by atoms with van der Waals surface area (Å²) in [7, 11) is 0. The Morgan fingerprint density at radius 2 is 2.03 bits per heavy atom. The molecule has 2 aliphatic rings. The van der Waals surface area contributed by atoms with Crippen LogP contribution >= 0.6 is 11.8 Å². The minimum atomic E-state index is -4.48. The number of hydrogen-bond acceptors (Lipinski definition) is 4. The molecule has 2 aliphatic heterocycles. The van der Waals surface area contributed by atoms with Crippen LogP contribution in [-0.4, -0.2) is 18.6 Å². The van der Waals surface area contributed by atoms with Gasteiger partial charge in [-0.05, 0) is 52.0 Å². The van der Waals surface area contributed by atoms with Gasteiger partial charge in [0.15, 0.2) is 0 Å². The number of fused-ring (bicyclic) bond motifs is 1. The standard InChI is InChI=1S/C23H17F3O3S/c1-14-12-30-13-20(14)19-5-2-15(7-21(19)23(24,25)26)10-28-18-4-3-17-6-16(9-27)11-29-22(17)8-18/h2-9,13H,1,10-12H2. The maximum absolute atomic E-state index is 13.7. The van der Waals surface area contributed by atoms with Crippen LogP contribution in [0.4, 0.5) is 13.2 Å². The van der Waals surface area contributed by atoms with Gasteiger partial charge in [0.2, 0.25) is 0 Å². The summed E-state index contributed by atoms with van der Waals surface area (Å²) in [6.45, 7) is 4.02. The number of alkyl halides is 3. The Labute approximate surface area is 175 Å². The Morgan fingerprint density at radius 1 is 1.20 bits per heavy atom. The third-order valence-electron chi connectivity index (χ3n) is 4.80. The minimum absolute atomic E-state index is 0.0215. The van der Waals surface area contributed by atoms with Crippen molar-refractivity contribution in [3.63, 3.8) is 0 Å². The van der Waals surface area contributed by atoms with E-state index >= 15 is 0 Å². The molecule has 0 spiro atoms. The van der Waals surface area contributed by atoms with Crippen molar-refractivity contribution >= 4 is 29.7 Å². The van der Waals surface area contributed by atoms with E-state index in [4.69, 9.17) is 9.47 Å². The van der Waals surface area contributed by atoms with Gasteiger partial charge in [-0.2, -0.15) is 13.2 Å². The Bertz CT molecular complexity index is 1080. The predicted molar refractivity (Wildman–Crippen MR) is 111 cm³/mol. The highest BCUT2D eigenvalue weighted by atomic mass is 32.2. The highest BCUT2D eigenvalue weighted by Gasteiger charge is 2.35. The van der Waals surface area contributed by atoms with Crippen molar-refractivity contribution < 1.29 is 27.4 Å². The van der Waals surface area contributed by atoms with Crippen molar-refractivity contribution in [3.8, 4) is 11.5 Å². The topological polar surface area (TPSA) is 35.5 Å². The summed E-state index contributed by atoms with van der Waals surface area (Å²) in [6, 6.07) is 9.34. The van der Waals surface area contributed by atoms with Crippen LogP contribution in [0.2, 0.25) is 0 Å². The lowest BCUT2D eigenvalue weighted by atomic mass is 9.94. The summed E-state index contributed by atoms with van der Waals surface area (Å²) in [4.78, 5) is 10.9. The first-order chi connectivity index (χ1) is 14.3. The molecule has 30 heavy (non-hydrogen) atoms. The maximum atomic E-state index is 13.7. The normalized spacial score (nSPS) is 15.8. The predicted octanol–water partition coefficient (Wildman–Crippen LogP) is 5.90. The van der Waals surface area contributed by atoms with Crippen LogP contribution in [0.3, 0.4) is 0 Å². The lowest BCUT2D eigenvalue weighted by Crippen LogP contribution is -2.11. The fourth-order valence-electron chi connectivity index (χ4n) is 3.28. The van der Waals surface area contributed by atoms with Gasteiger partial charge in [0.25, 0.3) is 0 Å². The molecule has 0 unspecified atom stereocenters. The molecule has 3 nitrogen and oxygen atoms in total. The van der Waals surface area contributed by atoms with Gasteiger partial charge in [0.05, 0.1) is 5.56 Å². The molecule has 0 atom stereocenters. The van der Waals surface area contributed by atoms with Crippen LogP contribution in [0.1, 0.15) is 22.3 Å². The number of benzene rings is 2. The van der Waals surface area contributed by atoms with Gasteiger partial charge in [-0.1, -0.05) is 18.7 Å². The maximum Gasteiger partial charge on any atom is 0.417 e. The smallest absolute Gasteiger partial charge is 0.417 e. The van der Waals surface area contributed by atoms with Crippen LogP contribution in [0.5, 0.6) is 11.5 Å². The number of aldehydes is 1. The molecule has 0 saturated heterocycles. The van der Waals surface area contributed by atoms with Crippen molar-refractivity contribution in [3.05, 3.63) is 81.8 Å². The molecule has 0 amide bonds. The summed E-state index contributed by atoms with van der Waals surface area (Å²) in [5.74, 6) is 1.63. The molecule has 0 saturated carbocycles. The first-order valence-corrected chi connectivity index (χ1v) is 10.2. The highest BCUT2D eigenvalue weighted by molar-refractivity contribution is 8.02. The van der Waals surface area contributed by atoms with E-state index in [9.17, 15) is 18.0 Å². The monoisotopic (exact) mass is 430 g/mol. The zero-order valence-electron chi connectivity index (χ0n) is 15.8. The Kier molecular flexibility index (Phi) is 5.47. The number of halogens is 3. The van der Waals surface area contributed by atoms with E-state index in [1.807, 2.05) is 0 Å². The summed E-state index contributed by atoms with van der Waals surface area (Å²) in [5, 5.41) is 1.72. The number of carbonyl (C=O) groups is 1. The second-order valence-corrected chi connectivity index (χ2v) is 7.80. The van der Waals surface area contributed by atoms with E-state index in [0.29, 0.717) is 39.5 Å². The molecule has 2 heterocycles. The molecular formula is C23H17F3O3S. The number of carbonyl (C=O) groups excluding carboxylic acids is 1. The summed E-state index contributed by atoms with van der Waals surface area (Å²) in [5.41, 5.74) is 2.37. The SMILES string of the molecule is C=C1CSC=C1c1ccc(COc2ccc3c(c2)OCC(C=O)=C3)cc1C(F)(F)F. The quantitative estimate of drug-likeness (QED) is 0.553. The largest absolute Gasteiger partial charge is 0.489 e. The zero-order valence-corrected chi connectivity index (χ0v) is 16.6. The third kappa shape index (κ3) is 4.16.